The lowest BCUT2D eigenvalue weighted by Crippen LogP contribution is -2.67. The minimum absolute atomic E-state index is 0.0417. The predicted octanol–water partition coefficient (Wildman–Crippen LogP) is 13.7. The predicted molar refractivity (Wildman–Crippen MR) is 208 cm³/mol. The van der Waals surface area contributed by atoms with Crippen LogP contribution in [0.3, 0.4) is 0 Å². The highest BCUT2D eigenvalue weighted by atomic mass is 15.2. The van der Waals surface area contributed by atoms with Gasteiger partial charge in [-0.2, -0.15) is 0 Å². The van der Waals surface area contributed by atoms with Crippen molar-refractivity contribution in [1.82, 2.24) is 0 Å². The van der Waals surface area contributed by atoms with Crippen LogP contribution in [0.4, 0.5) is 17.1 Å². The lowest BCUT2D eigenvalue weighted by molar-refractivity contribution is -0.0642. The molecule has 1 heteroatoms. The van der Waals surface area contributed by atoms with Crippen molar-refractivity contribution in [1.29, 1.82) is 0 Å². The zero-order valence-electron chi connectivity index (χ0n) is 31.8. The molecule has 2 aliphatic carbocycles. The molecule has 0 fully saturated rings. The molecule has 252 valence electrons. The van der Waals surface area contributed by atoms with E-state index in [2.05, 4.69) is 203 Å². The Morgan fingerprint density at radius 2 is 0.854 bits per heavy atom. The molecule has 1 nitrogen and oxygen atoms in total. The molecule has 0 radical (unpaired) electrons. The van der Waals surface area contributed by atoms with Crippen LogP contribution in [0.2, 0.25) is 0 Å². The molecule has 3 aromatic carbocycles. The van der Waals surface area contributed by atoms with E-state index in [1.54, 1.807) is 0 Å². The van der Waals surface area contributed by atoms with Crippen molar-refractivity contribution in [2.75, 3.05) is 4.90 Å². The second-order valence-corrected chi connectivity index (χ2v) is 18.9. The van der Waals surface area contributed by atoms with Gasteiger partial charge in [-0.3, -0.25) is 0 Å². The molecular formula is C47H59N. The summed E-state index contributed by atoms with van der Waals surface area (Å²) in [5, 5.41) is 0. The first-order chi connectivity index (χ1) is 22.3. The number of hydrogen-bond acceptors (Lipinski definition) is 1. The van der Waals surface area contributed by atoms with Crippen LogP contribution >= 0.6 is 0 Å². The van der Waals surface area contributed by atoms with Gasteiger partial charge in [0.1, 0.15) is 0 Å². The van der Waals surface area contributed by atoms with Gasteiger partial charge in [-0.25, -0.2) is 0 Å². The summed E-state index contributed by atoms with van der Waals surface area (Å²) in [6.07, 6.45) is 17.0. The standard InChI is InChI=1S/C47H59N/c1-41(2,3)34-22-20-30-45(32-34,43(7,8)9)47(46(44(10,11)12)31-21-23-35(33-46)42(4,5)6)37-26-16-18-28-39(37)48(36-24-14-13-15-25-36)40-29-19-17-27-38(40)47/h13-31H,32-33H2,1-12H3. The summed E-state index contributed by atoms with van der Waals surface area (Å²) in [7, 11) is 0. The van der Waals surface area contributed by atoms with E-state index in [4.69, 9.17) is 0 Å². The Kier molecular flexibility index (Phi) is 8.02. The number of rotatable bonds is 3. The van der Waals surface area contributed by atoms with Crippen molar-refractivity contribution >= 4 is 17.1 Å². The number of benzene rings is 3. The van der Waals surface area contributed by atoms with E-state index < -0.39 is 5.41 Å². The van der Waals surface area contributed by atoms with E-state index in [9.17, 15) is 0 Å². The van der Waals surface area contributed by atoms with Crippen LogP contribution in [0.15, 0.2) is 126 Å². The normalized spacial score (nSPS) is 24.0. The molecule has 1 aliphatic heterocycles. The van der Waals surface area contributed by atoms with Gasteiger partial charge in [-0.05, 0) is 69.9 Å². The van der Waals surface area contributed by atoms with E-state index >= 15 is 0 Å². The smallest absolute Gasteiger partial charge is 0.0503 e. The van der Waals surface area contributed by atoms with Crippen LogP contribution in [-0.4, -0.2) is 0 Å². The Labute approximate surface area is 292 Å². The first-order valence-corrected chi connectivity index (χ1v) is 18.1. The molecule has 6 rings (SSSR count). The Hall–Kier alpha value is -3.58. The van der Waals surface area contributed by atoms with E-state index in [1.165, 1.54) is 39.3 Å². The number of hydrogen-bond donors (Lipinski definition) is 0. The molecule has 0 saturated heterocycles. The minimum Gasteiger partial charge on any atom is -0.310 e. The third-order valence-electron chi connectivity index (χ3n) is 12.3. The van der Waals surface area contributed by atoms with E-state index in [1.807, 2.05) is 0 Å². The van der Waals surface area contributed by atoms with Crippen molar-refractivity contribution in [2.24, 2.45) is 32.5 Å². The average molecular weight is 638 g/mol. The highest BCUT2D eigenvalue weighted by Crippen LogP contribution is 2.77. The average Bonchev–Trinajstić information content (AvgIpc) is 3.02. The van der Waals surface area contributed by atoms with Gasteiger partial charge in [0.2, 0.25) is 0 Å². The first kappa shape index (κ1) is 34.3. The monoisotopic (exact) mass is 637 g/mol. The summed E-state index contributed by atoms with van der Waals surface area (Å²) in [4.78, 5) is 2.54. The van der Waals surface area contributed by atoms with Crippen LogP contribution < -0.4 is 4.90 Å². The topological polar surface area (TPSA) is 3.24 Å². The van der Waals surface area contributed by atoms with Crippen LogP contribution in [0.25, 0.3) is 0 Å². The highest BCUT2D eigenvalue weighted by molar-refractivity contribution is 5.87. The van der Waals surface area contributed by atoms with Crippen LogP contribution in [0, 0.1) is 32.5 Å². The SMILES string of the molecule is CC(C)(C)C1=CC=CC(C(C)(C)C)(C2(C3(C(C)(C)C)C=CC=C(C(C)(C)C)C3)c3ccccc3N(c3ccccc3)c3ccccc32)C1. The van der Waals surface area contributed by atoms with Crippen LogP contribution in [-0.2, 0) is 5.41 Å². The maximum absolute atomic E-state index is 2.66. The van der Waals surface area contributed by atoms with Crippen molar-refractivity contribution in [3.63, 3.8) is 0 Å². The van der Waals surface area contributed by atoms with Gasteiger partial charge in [-0.1, -0.05) is 185 Å². The molecule has 2 unspecified atom stereocenters. The van der Waals surface area contributed by atoms with Gasteiger partial charge in [0.05, 0.1) is 11.4 Å². The van der Waals surface area contributed by atoms with Gasteiger partial charge in [0.15, 0.2) is 0 Å². The largest absolute Gasteiger partial charge is 0.310 e. The molecule has 0 bridgehead atoms. The zero-order chi connectivity index (χ0) is 35.0. The van der Waals surface area contributed by atoms with Gasteiger partial charge < -0.3 is 4.90 Å². The van der Waals surface area contributed by atoms with Gasteiger partial charge in [-0.15, -0.1) is 0 Å². The van der Waals surface area contributed by atoms with Crippen LogP contribution in [0.1, 0.15) is 107 Å². The molecule has 0 amide bonds. The third-order valence-corrected chi connectivity index (χ3v) is 12.3. The summed E-state index contributed by atoms with van der Waals surface area (Å²) < 4.78 is 0. The van der Waals surface area contributed by atoms with Gasteiger partial charge in [0, 0.05) is 21.9 Å². The van der Waals surface area contributed by atoms with E-state index in [0.29, 0.717) is 0 Å². The molecule has 0 aromatic heterocycles. The molecule has 1 heterocycles. The van der Waals surface area contributed by atoms with Crippen molar-refractivity contribution in [3.8, 4) is 0 Å². The molecule has 0 saturated carbocycles. The Balaban J connectivity index is 1.88. The van der Waals surface area contributed by atoms with Gasteiger partial charge in [0.25, 0.3) is 0 Å². The minimum atomic E-state index is -0.447. The Morgan fingerprint density at radius 1 is 0.479 bits per heavy atom. The Morgan fingerprint density at radius 3 is 1.23 bits per heavy atom. The number of allylic oxidation sites excluding steroid dienone is 8. The fraction of sp³-hybridized carbons (Fsp3) is 0.447. The maximum atomic E-state index is 2.66. The molecule has 0 N–H and O–H groups in total. The first-order valence-electron chi connectivity index (χ1n) is 18.1. The number of anilines is 3. The quantitative estimate of drug-likeness (QED) is 0.276. The molecule has 48 heavy (non-hydrogen) atoms. The fourth-order valence-corrected chi connectivity index (χ4v) is 9.66. The third kappa shape index (κ3) is 4.86. The lowest BCUT2D eigenvalue weighted by Gasteiger charge is -2.70. The number of fused-ring (bicyclic) bond motifs is 2. The van der Waals surface area contributed by atoms with E-state index in [-0.39, 0.29) is 32.5 Å². The number of nitrogens with zero attached hydrogens (tertiary/aromatic N) is 1. The molecular weight excluding hydrogens is 579 g/mol. The molecule has 3 aliphatic rings. The fourth-order valence-electron chi connectivity index (χ4n) is 9.66. The van der Waals surface area contributed by atoms with Gasteiger partial charge >= 0.3 is 0 Å². The summed E-state index contributed by atoms with van der Waals surface area (Å²) >= 11 is 0. The lowest BCUT2D eigenvalue weighted by atomic mass is 9.32. The van der Waals surface area contributed by atoms with Crippen LogP contribution in [0.5, 0.6) is 0 Å². The second kappa shape index (κ2) is 11.2. The summed E-state index contributed by atoms with van der Waals surface area (Å²) in [5.41, 5.74) is 8.51. The summed E-state index contributed by atoms with van der Waals surface area (Å²) in [6, 6.07) is 29.9. The zero-order valence-corrected chi connectivity index (χ0v) is 31.8. The van der Waals surface area contributed by atoms with E-state index in [0.717, 1.165) is 12.8 Å². The number of para-hydroxylation sites is 3. The maximum Gasteiger partial charge on any atom is 0.0503 e. The summed E-state index contributed by atoms with van der Waals surface area (Å²) in [5.74, 6) is 0. The summed E-state index contributed by atoms with van der Waals surface area (Å²) in [6.45, 7) is 29.5. The second-order valence-electron chi connectivity index (χ2n) is 18.9. The van der Waals surface area contributed by atoms with Crippen molar-refractivity contribution < 1.29 is 0 Å². The van der Waals surface area contributed by atoms with Crippen molar-refractivity contribution in [3.05, 3.63) is 138 Å². The van der Waals surface area contributed by atoms with Crippen molar-refractivity contribution in [2.45, 2.75) is 101 Å². The highest BCUT2D eigenvalue weighted by Gasteiger charge is 2.71. The molecule has 2 atom stereocenters. The Bertz CT molecular complexity index is 1690. The molecule has 3 aromatic rings. The molecule has 0 spiro atoms.